The number of carbonyl (C=O) groups excluding carboxylic acids is 3. The molecular weight excluding hydrogens is 446 g/mol. The molecule has 2 atom stereocenters. The summed E-state index contributed by atoms with van der Waals surface area (Å²) in [5.41, 5.74) is 4.54. The van der Waals surface area contributed by atoms with Gasteiger partial charge in [-0.3, -0.25) is 14.4 Å². The first kappa shape index (κ1) is 28.9. The Kier molecular flexibility index (Phi) is 10.5. The van der Waals surface area contributed by atoms with E-state index in [4.69, 9.17) is 24.7 Å². The van der Waals surface area contributed by atoms with Gasteiger partial charge in [0.05, 0.1) is 6.61 Å². The van der Waals surface area contributed by atoms with Crippen LogP contribution in [-0.2, 0) is 30.3 Å². The van der Waals surface area contributed by atoms with Crippen LogP contribution in [0.4, 0.5) is 4.79 Å². The average Bonchev–Trinajstić information content (AvgIpc) is 2.73. The van der Waals surface area contributed by atoms with Crippen molar-refractivity contribution in [2.24, 2.45) is 11.1 Å². The van der Waals surface area contributed by atoms with Crippen LogP contribution >= 0.6 is 0 Å². The molecule has 0 aromatic heterocycles. The van der Waals surface area contributed by atoms with Gasteiger partial charge in [0.25, 0.3) is 0 Å². The van der Waals surface area contributed by atoms with Crippen molar-refractivity contribution in [1.29, 1.82) is 0 Å². The standard InChI is InChI=1S/C24H35NO9/c1-7-19(26)33-17-10-9-16(11-18(17)34-20(27)8-2)13-24(25,21(28)29)12-15(3)32-22(30)31-14-23(4,5)6/h9-11,15H,7-8,12-14,25H2,1-6H3,(H,28,29)/t15-,24?/m0/s1. The summed E-state index contributed by atoms with van der Waals surface area (Å²) in [4.78, 5) is 47.4. The van der Waals surface area contributed by atoms with Gasteiger partial charge in [-0.05, 0) is 30.0 Å². The van der Waals surface area contributed by atoms with E-state index in [2.05, 4.69) is 0 Å². The molecule has 0 fully saturated rings. The topological polar surface area (TPSA) is 151 Å². The fourth-order valence-electron chi connectivity index (χ4n) is 2.84. The second-order valence-corrected chi connectivity index (χ2v) is 9.31. The normalized spacial score (nSPS) is 13.9. The predicted molar refractivity (Wildman–Crippen MR) is 123 cm³/mol. The van der Waals surface area contributed by atoms with Gasteiger partial charge in [-0.1, -0.05) is 40.7 Å². The van der Waals surface area contributed by atoms with E-state index >= 15 is 0 Å². The number of rotatable bonds is 11. The lowest BCUT2D eigenvalue weighted by atomic mass is 9.86. The average molecular weight is 482 g/mol. The van der Waals surface area contributed by atoms with E-state index in [1.54, 1.807) is 13.8 Å². The monoisotopic (exact) mass is 481 g/mol. The lowest BCUT2D eigenvalue weighted by Crippen LogP contribution is -2.52. The summed E-state index contributed by atoms with van der Waals surface area (Å²) in [5, 5.41) is 9.79. The first-order valence-electron chi connectivity index (χ1n) is 11.1. The fourth-order valence-corrected chi connectivity index (χ4v) is 2.84. The molecule has 0 amide bonds. The largest absolute Gasteiger partial charge is 0.508 e. The number of ether oxygens (including phenoxy) is 4. The Morgan fingerprint density at radius 1 is 1.00 bits per heavy atom. The van der Waals surface area contributed by atoms with Crippen LogP contribution in [0.2, 0.25) is 0 Å². The number of carboxylic acid groups (broad SMARTS) is 1. The summed E-state index contributed by atoms with van der Waals surface area (Å²) in [6.07, 6.45) is -1.94. The second-order valence-electron chi connectivity index (χ2n) is 9.31. The minimum absolute atomic E-state index is 0.0195. The molecule has 10 heteroatoms. The minimum Gasteiger partial charge on any atom is -0.480 e. The van der Waals surface area contributed by atoms with E-state index < -0.39 is 35.7 Å². The Hall–Kier alpha value is -3.14. The molecule has 0 heterocycles. The molecule has 0 bridgehead atoms. The lowest BCUT2D eigenvalue weighted by Gasteiger charge is -2.28. The van der Waals surface area contributed by atoms with Crippen LogP contribution in [0.1, 0.15) is 66.4 Å². The van der Waals surface area contributed by atoms with Crippen LogP contribution in [0, 0.1) is 5.41 Å². The summed E-state index contributed by atoms with van der Waals surface area (Å²) in [5.74, 6) is -2.37. The Morgan fingerprint density at radius 2 is 1.56 bits per heavy atom. The molecule has 0 saturated heterocycles. The van der Waals surface area contributed by atoms with E-state index in [1.807, 2.05) is 20.8 Å². The third-order valence-electron chi connectivity index (χ3n) is 4.55. The van der Waals surface area contributed by atoms with Gasteiger partial charge in [-0.25, -0.2) is 4.79 Å². The van der Waals surface area contributed by atoms with Crippen molar-refractivity contribution in [3.05, 3.63) is 23.8 Å². The van der Waals surface area contributed by atoms with Gasteiger partial charge < -0.3 is 29.8 Å². The predicted octanol–water partition coefficient (Wildman–Crippen LogP) is 3.62. The SMILES string of the molecule is CCC(=O)Oc1ccc(CC(N)(C[C@H](C)OC(=O)OCC(C)(C)C)C(=O)O)cc1OC(=O)CC. The quantitative estimate of drug-likeness (QED) is 0.354. The highest BCUT2D eigenvalue weighted by Crippen LogP contribution is 2.31. The molecule has 1 aromatic rings. The van der Waals surface area contributed by atoms with Crippen molar-refractivity contribution in [3.8, 4) is 11.5 Å². The molecule has 10 nitrogen and oxygen atoms in total. The van der Waals surface area contributed by atoms with Crippen molar-refractivity contribution in [2.45, 2.75) is 78.9 Å². The van der Waals surface area contributed by atoms with Gasteiger partial charge in [-0.15, -0.1) is 0 Å². The van der Waals surface area contributed by atoms with Crippen molar-refractivity contribution in [2.75, 3.05) is 6.61 Å². The lowest BCUT2D eigenvalue weighted by molar-refractivity contribution is -0.144. The summed E-state index contributed by atoms with van der Waals surface area (Å²) >= 11 is 0. The molecule has 190 valence electrons. The molecule has 0 aliphatic heterocycles. The molecule has 1 unspecified atom stereocenters. The number of esters is 2. The van der Waals surface area contributed by atoms with Crippen molar-refractivity contribution in [3.63, 3.8) is 0 Å². The molecule has 0 aliphatic rings. The van der Waals surface area contributed by atoms with Gasteiger partial charge in [0.1, 0.15) is 11.6 Å². The minimum atomic E-state index is -1.81. The highest BCUT2D eigenvalue weighted by molar-refractivity contribution is 5.79. The number of nitrogens with two attached hydrogens (primary N) is 1. The van der Waals surface area contributed by atoms with Crippen molar-refractivity contribution in [1.82, 2.24) is 0 Å². The van der Waals surface area contributed by atoms with Gasteiger partial charge in [0.2, 0.25) is 0 Å². The second kappa shape index (κ2) is 12.4. The van der Waals surface area contributed by atoms with E-state index in [9.17, 15) is 24.3 Å². The zero-order valence-corrected chi connectivity index (χ0v) is 20.6. The Morgan fingerprint density at radius 3 is 2.06 bits per heavy atom. The van der Waals surface area contributed by atoms with Gasteiger partial charge in [-0.2, -0.15) is 0 Å². The first-order chi connectivity index (χ1) is 15.7. The third kappa shape index (κ3) is 9.78. The smallest absolute Gasteiger partial charge is 0.480 e. The third-order valence-corrected chi connectivity index (χ3v) is 4.55. The van der Waals surface area contributed by atoms with Crippen LogP contribution in [0.15, 0.2) is 18.2 Å². The summed E-state index contributed by atoms with van der Waals surface area (Å²) in [6.45, 7) is 10.5. The number of carbonyl (C=O) groups is 4. The van der Waals surface area contributed by atoms with Crippen LogP contribution in [-0.4, -0.2) is 47.4 Å². The molecule has 1 aromatic carbocycles. The Bertz CT molecular complexity index is 891. The zero-order chi connectivity index (χ0) is 26.1. The molecule has 0 radical (unpaired) electrons. The van der Waals surface area contributed by atoms with Gasteiger partial charge in [0.15, 0.2) is 11.5 Å². The number of hydrogen-bond acceptors (Lipinski definition) is 9. The van der Waals surface area contributed by atoms with Crippen LogP contribution in [0.5, 0.6) is 11.5 Å². The summed E-state index contributed by atoms with van der Waals surface area (Å²) in [7, 11) is 0. The maximum atomic E-state index is 12.0. The molecule has 34 heavy (non-hydrogen) atoms. The number of benzene rings is 1. The maximum absolute atomic E-state index is 12.0. The molecule has 3 N–H and O–H groups in total. The summed E-state index contributed by atoms with van der Waals surface area (Å²) < 4.78 is 20.7. The number of hydrogen-bond donors (Lipinski definition) is 2. The Balaban J connectivity index is 3.04. The van der Waals surface area contributed by atoms with Crippen LogP contribution < -0.4 is 15.2 Å². The molecule has 0 saturated carbocycles. The van der Waals surface area contributed by atoms with E-state index in [0.29, 0.717) is 5.56 Å². The highest BCUT2D eigenvalue weighted by atomic mass is 16.7. The highest BCUT2D eigenvalue weighted by Gasteiger charge is 2.37. The molecular formula is C24H35NO9. The van der Waals surface area contributed by atoms with E-state index in [1.165, 1.54) is 25.1 Å². The zero-order valence-electron chi connectivity index (χ0n) is 20.6. The van der Waals surface area contributed by atoms with E-state index in [0.717, 1.165) is 0 Å². The molecule has 0 spiro atoms. The van der Waals surface area contributed by atoms with Crippen molar-refractivity contribution >= 4 is 24.1 Å². The van der Waals surface area contributed by atoms with Crippen LogP contribution in [0.25, 0.3) is 0 Å². The van der Waals surface area contributed by atoms with Gasteiger partial charge >= 0.3 is 24.1 Å². The molecule has 1 rings (SSSR count). The summed E-state index contributed by atoms with van der Waals surface area (Å²) in [6, 6.07) is 4.34. The number of carboxylic acids is 1. The number of aliphatic carboxylic acids is 1. The maximum Gasteiger partial charge on any atom is 0.508 e. The first-order valence-corrected chi connectivity index (χ1v) is 11.1. The fraction of sp³-hybridized carbons (Fsp3) is 0.583. The van der Waals surface area contributed by atoms with Crippen molar-refractivity contribution < 1.29 is 43.2 Å². The van der Waals surface area contributed by atoms with Gasteiger partial charge in [0, 0.05) is 25.7 Å². The Labute approximate surface area is 199 Å². The van der Waals surface area contributed by atoms with E-state index in [-0.39, 0.29) is 49.2 Å². The van der Waals surface area contributed by atoms with Crippen LogP contribution in [0.3, 0.4) is 0 Å². The molecule has 0 aliphatic carbocycles.